The molecule has 1 aromatic heterocycles. The zero-order valence-corrected chi connectivity index (χ0v) is 11.5. The van der Waals surface area contributed by atoms with Crippen molar-refractivity contribution in [3.63, 3.8) is 0 Å². The highest BCUT2D eigenvalue weighted by Crippen LogP contribution is 2.28. The Labute approximate surface area is 114 Å². The van der Waals surface area contributed by atoms with Gasteiger partial charge in [0.05, 0.1) is 6.10 Å². The standard InChI is InChI=1S/C16H22N2O/c1-12-16(13-7-3-4-8-14(13)17-12)15(19)11-18-9-5-2-6-10-18/h3-4,7-8,15,17,19H,2,5-6,9-11H2,1H3. The van der Waals surface area contributed by atoms with Crippen molar-refractivity contribution in [2.45, 2.75) is 32.3 Å². The van der Waals surface area contributed by atoms with Gasteiger partial charge in [0.1, 0.15) is 0 Å². The number of fused-ring (bicyclic) bond motifs is 1. The van der Waals surface area contributed by atoms with E-state index in [1.165, 1.54) is 19.3 Å². The van der Waals surface area contributed by atoms with E-state index in [0.717, 1.165) is 41.8 Å². The molecule has 0 saturated carbocycles. The van der Waals surface area contributed by atoms with Gasteiger partial charge in [0, 0.05) is 28.7 Å². The molecule has 0 spiro atoms. The molecule has 102 valence electrons. The Bertz CT molecular complexity index is 555. The van der Waals surface area contributed by atoms with Crippen LogP contribution in [0.3, 0.4) is 0 Å². The number of β-amino-alcohol motifs (C(OH)–C–C–N with tert-alkyl or cyclic N) is 1. The number of aromatic amines is 1. The third-order valence-electron chi connectivity index (χ3n) is 4.16. The SMILES string of the molecule is Cc1[nH]c2ccccc2c1C(O)CN1CCCCC1. The molecule has 3 rings (SSSR count). The van der Waals surface area contributed by atoms with Gasteiger partial charge in [-0.1, -0.05) is 24.6 Å². The molecule has 1 aliphatic heterocycles. The molecule has 1 unspecified atom stereocenters. The number of H-pyrrole nitrogens is 1. The number of aromatic nitrogens is 1. The molecule has 1 saturated heterocycles. The molecule has 1 atom stereocenters. The molecule has 1 aromatic carbocycles. The van der Waals surface area contributed by atoms with Gasteiger partial charge in [-0.05, 0) is 38.9 Å². The van der Waals surface area contributed by atoms with Crippen LogP contribution in [0.4, 0.5) is 0 Å². The maximum absolute atomic E-state index is 10.6. The van der Waals surface area contributed by atoms with E-state index in [0.29, 0.717) is 0 Å². The molecule has 2 aromatic rings. The number of piperidine rings is 1. The minimum absolute atomic E-state index is 0.394. The van der Waals surface area contributed by atoms with E-state index < -0.39 is 6.10 Å². The summed E-state index contributed by atoms with van der Waals surface area (Å²) in [4.78, 5) is 5.75. The molecular weight excluding hydrogens is 236 g/mol. The third-order valence-corrected chi connectivity index (χ3v) is 4.16. The highest BCUT2D eigenvalue weighted by molar-refractivity contribution is 5.84. The summed E-state index contributed by atoms with van der Waals surface area (Å²) in [5, 5.41) is 11.7. The lowest BCUT2D eigenvalue weighted by Gasteiger charge is -2.28. The molecule has 3 heteroatoms. The van der Waals surface area contributed by atoms with E-state index in [1.54, 1.807) is 0 Å². The highest BCUT2D eigenvalue weighted by Gasteiger charge is 2.20. The fraction of sp³-hybridized carbons (Fsp3) is 0.500. The summed E-state index contributed by atoms with van der Waals surface area (Å²) in [6.45, 7) is 5.05. The van der Waals surface area contributed by atoms with Gasteiger partial charge in [-0.15, -0.1) is 0 Å². The lowest BCUT2D eigenvalue weighted by Crippen LogP contribution is -2.33. The second kappa shape index (κ2) is 5.35. The zero-order chi connectivity index (χ0) is 13.2. The van der Waals surface area contributed by atoms with Gasteiger partial charge < -0.3 is 15.0 Å². The zero-order valence-electron chi connectivity index (χ0n) is 11.5. The lowest BCUT2D eigenvalue weighted by atomic mass is 10.0. The first-order valence-electron chi connectivity index (χ1n) is 7.23. The smallest absolute Gasteiger partial charge is 0.0940 e. The third kappa shape index (κ3) is 2.53. The van der Waals surface area contributed by atoms with Crippen LogP contribution in [0, 0.1) is 6.92 Å². The Hall–Kier alpha value is -1.32. The monoisotopic (exact) mass is 258 g/mol. The van der Waals surface area contributed by atoms with Gasteiger partial charge in [0.2, 0.25) is 0 Å². The molecule has 1 aliphatic rings. The molecule has 1 fully saturated rings. The second-order valence-electron chi connectivity index (χ2n) is 5.59. The fourth-order valence-corrected chi connectivity index (χ4v) is 3.21. The molecule has 0 bridgehead atoms. The number of nitrogens with zero attached hydrogens (tertiary/aromatic N) is 1. The van der Waals surface area contributed by atoms with Crippen LogP contribution in [0.1, 0.15) is 36.6 Å². The topological polar surface area (TPSA) is 39.3 Å². The highest BCUT2D eigenvalue weighted by atomic mass is 16.3. The van der Waals surface area contributed by atoms with Gasteiger partial charge in [0.15, 0.2) is 0 Å². The summed E-state index contributed by atoms with van der Waals surface area (Å²) in [5.41, 5.74) is 3.28. The molecule has 2 N–H and O–H groups in total. The molecule has 0 aliphatic carbocycles. The van der Waals surface area contributed by atoms with E-state index in [9.17, 15) is 5.11 Å². The van der Waals surface area contributed by atoms with Crippen LogP contribution >= 0.6 is 0 Å². The fourth-order valence-electron chi connectivity index (χ4n) is 3.21. The van der Waals surface area contributed by atoms with Gasteiger partial charge in [-0.2, -0.15) is 0 Å². The summed E-state index contributed by atoms with van der Waals surface area (Å²) in [5.74, 6) is 0. The minimum Gasteiger partial charge on any atom is -0.387 e. The summed E-state index contributed by atoms with van der Waals surface area (Å²) in [7, 11) is 0. The predicted molar refractivity (Wildman–Crippen MR) is 78.3 cm³/mol. The van der Waals surface area contributed by atoms with Crippen molar-refractivity contribution in [3.05, 3.63) is 35.5 Å². The van der Waals surface area contributed by atoms with E-state index in [2.05, 4.69) is 28.9 Å². The average Bonchev–Trinajstić information content (AvgIpc) is 2.75. The number of rotatable bonds is 3. The van der Waals surface area contributed by atoms with Crippen molar-refractivity contribution in [1.29, 1.82) is 0 Å². The van der Waals surface area contributed by atoms with Crippen LogP contribution in [0.2, 0.25) is 0 Å². The normalized spacial score (nSPS) is 18.8. The number of benzene rings is 1. The number of hydrogen-bond acceptors (Lipinski definition) is 2. The lowest BCUT2D eigenvalue weighted by molar-refractivity contribution is 0.102. The first-order valence-corrected chi connectivity index (χ1v) is 7.23. The number of aliphatic hydroxyl groups excluding tert-OH is 1. The average molecular weight is 258 g/mol. The van der Waals surface area contributed by atoms with Crippen LogP contribution in [0.25, 0.3) is 10.9 Å². The Kier molecular flexibility index (Phi) is 3.58. The van der Waals surface area contributed by atoms with E-state index in [-0.39, 0.29) is 0 Å². The molecule has 0 amide bonds. The summed E-state index contributed by atoms with van der Waals surface area (Å²) in [6.07, 6.45) is 3.46. The Morgan fingerprint density at radius 3 is 2.74 bits per heavy atom. The Morgan fingerprint density at radius 2 is 1.95 bits per heavy atom. The molecule has 2 heterocycles. The predicted octanol–water partition coefficient (Wildman–Crippen LogP) is 3.00. The quantitative estimate of drug-likeness (QED) is 0.888. The number of hydrogen-bond donors (Lipinski definition) is 2. The van der Waals surface area contributed by atoms with Gasteiger partial charge >= 0.3 is 0 Å². The summed E-state index contributed by atoms with van der Waals surface area (Å²) < 4.78 is 0. The van der Waals surface area contributed by atoms with E-state index in [4.69, 9.17) is 0 Å². The number of likely N-dealkylation sites (tertiary alicyclic amines) is 1. The van der Waals surface area contributed by atoms with Crippen LogP contribution in [0.5, 0.6) is 0 Å². The summed E-state index contributed by atoms with van der Waals surface area (Å²) in [6, 6.07) is 8.22. The van der Waals surface area contributed by atoms with Crippen LogP contribution in [-0.4, -0.2) is 34.6 Å². The molecule has 0 radical (unpaired) electrons. The van der Waals surface area contributed by atoms with Gasteiger partial charge in [-0.3, -0.25) is 0 Å². The number of aliphatic hydroxyl groups is 1. The van der Waals surface area contributed by atoms with Crippen molar-refractivity contribution < 1.29 is 5.11 Å². The second-order valence-corrected chi connectivity index (χ2v) is 5.59. The number of aryl methyl sites for hydroxylation is 1. The van der Waals surface area contributed by atoms with E-state index in [1.807, 2.05) is 12.1 Å². The van der Waals surface area contributed by atoms with Crippen LogP contribution in [0.15, 0.2) is 24.3 Å². The Morgan fingerprint density at radius 1 is 1.21 bits per heavy atom. The maximum Gasteiger partial charge on any atom is 0.0940 e. The van der Waals surface area contributed by atoms with Crippen molar-refractivity contribution in [1.82, 2.24) is 9.88 Å². The Balaban J connectivity index is 1.84. The van der Waals surface area contributed by atoms with Crippen LogP contribution < -0.4 is 0 Å². The van der Waals surface area contributed by atoms with Gasteiger partial charge in [-0.25, -0.2) is 0 Å². The number of para-hydroxylation sites is 1. The molecule has 3 nitrogen and oxygen atoms in total. The van der Waals surface area contributed by atoms with Crippen molar-refractivity contribution in [2.24, 2.45) is 0 Å². The van der Waals surface area contributed by atoms with Crippen LogP contribution in [-0.2, 0) is 0 Å². The van der Waals surface area contributed by atoms with Crippen molar-refractivity contribution in [3.8, 4) is 0 Å². The minimum atomic E-state index is -0.394. The largest absolute Gasteiger partial charge is 0.387 e. The summed E-state index contributed by atoms with van der Waals surface area (Å²) >= 11 is 0. The first kappa shape index (κ1) is 12.7. The van der Waals surface area contributed by atoms with E-state index >= 15 is 0 Å². The maximum atomic E-state index is 10.6. The van der Waals surface area contributed by atoms with Crippen molar-refractivity contribution in [2.75, 3.05) is 19.6 Å². The van der Waals surface area contributed by atoms with Crippen molar-refractivity contribution >= 4 is 10.9 Å². The molecular formula is C16H22N2O. The first-order chi connectivity index (χ1) is 9.25. The van der Waals surface area contributed by atoms with Gasteiger partial charge in [0.25, 0.3) is 0 Å². The number of nitrogens with one attached hydrogen (secondary N) is 1. The molecule has 19 heavy (non-hydrogen) atoms.